The Morgan fingerprint density at radius 2 is 1.92 bits per heavy atom. The van der Waals surface area contributed by atoms with Crippen molar-refractivity contribution in [3.63, 3.8) is 0 Å². The summed E-state index contributed by atoms with van der Waals surface area (Å²) in [4.78, 5) is 0. The molecule has 2 unspecified atom stereocenters. The highest BCUT2D eigenvalue weighted by molar-refractivity contribution is 7.93. The molecule has 2 atom stereocenters. The Balaban J connectivity index is 1.94. The fourth-order valence-corrected chi connectivity index (χ4v) is 3.05. The summed E-state index contributed by atoms with van der Waals surface area (Å²) in [6.07, 6.45) is 2.26. The molecular formula is C9H14F2OS. The van der Waals surface area contributed by atoms with Gasteiger partial charge in [-0.15, -0.1) is 0 Å². The molecule has 0 amide bonds. The standard InChI is InChI=1S/C9H14F2OS/c1-13-12-8-4-7(9(10)11)5-2-6(8)3-5/h5-9H,2-4H2,1H3. The van der Waals surface area contributed by atoms with E-state index in [-0.39, 0.29) is 12.0 Å². The summed E-state index contributed by atoms with van der Waals surface area (Å²) in [5, 5.41) is 0. The molecule has 0 aromatic rings. The SMILES string of the molecule is CSOC1CC(C(F)F)C2CC1C2. The predicted molar refractivity (Wildman–Crippen MR) is 48.7 cm³/mol. The van der Waals surface area contributed by atoms with E-state index in [1.807, 2.05) is 6.26 Å². The van der Waals surface area contributed by atoms with E-state index in [0.29, 0.717) is 12.3 Å². The summed E-state index contributed by atoms with van der Waals surface area (Å²) in [6.45, 7) is 0. The first-order valence-corrected chi connectivity index (χ1v) is 5.85. The van der Waals surface area contributed by atoms with Crippen molar-refractivity contribution < 1.29 is 13.0 Å². The van der Waals surface area contributed by atoms with Crippen molar-refractivity contribution in [1.82, 2.24) is 0 Å². The second-order valence-corrected chi connectivity index (χ2v) is 4.55. The molecule has 13 heavy (non-hydrogen) atoms. The Morgan fingerprint density at radius 3 is 2.46 bits per heavy atom. The minimum absolute atomic E-state index is 0.0824. The average molecular weight is 208 g/mol. The topological polar surface area (TPSA) is 9.23 Å². The minimum Gasteiger partial charge on any atom is -0.312 e. The normalized spacial score (nSPS) is 43.4. The van der Waals surface area contributed by atoms with Crippen LogP contribution in [0.15, 0.2) is 0 Å². The first kappa shape index (κ1) is 9.71. The quantitative estimate of drug-likeness (QED) is 0.659. The summed E-state index contributed by atoms with van der Waals surface area (Å²) >= 11 is 1.31. The molecule has 0 aliphatic heterocycles. The van der Waals surface area contributed by atoms with Crippen LogP contribution in [0.4, 0.5) is 8.78 Å². The van der Waals surface area contributed by atoms with Crippen molar-refractivity contribution in [3.8, 4) is 0 Å². The number of halogens is 2. The van der Waals surface area contributed by atoms with Crippen LogP contribution in [0.1, 0.15) is 19.3 Å². The van der Waals surface area contributed by atoms with Crippen LogP contribution in [-0.2, 0) is 4.18 Å². The van der Waals surface area contributed by atoms with Gasteiger partial charge in [0.05, 0.1) is 6.10 Å². The van der Waals surface area contributed by atoms with Gasteiger partial charge < -0.3 is 4.18 Å². The van der Waals surface area contributed by atoms with Gasteiger partial charge in [-0.2, -0.15) is 0 Å². The summed E-state index contributed by atoms with van der Waals surface area (Å²) in [7, 11) is 0. The van der Waals surface area contributed by atoms with Gasteiger partial charge in [-0.3, -0.25) is 0 Å². The Hall–Kier alpha value is 0.170. The second kappa shape index (κ2) is 3.73. The zero-order chi connectivity index (χ0) is 9.42. The Bertz CT molecular complexity index is 182. The van der Waals surface area contributed by atoms with Crippen molar-refractivity contribution in [2.75, 3.05) is 6.26 Å². The molecule has 2 bridgehead atoms. The Morgan fingerprint density at radius 1 is 1.23 bits per heavy atom. The highest BCUT2D eigenvalue weighted by Crippen LogP contribution is 2.52. The maximum absolute atomic E-state index is 12.5. The van der Waals surface area contributed by atoms with Crippen LogP contribution in [0.25, 0.3) is 0 Å². The van der Waals surface area contributed by atoms with E-state index in [2.05, 4.69) is 0 Å². The van der Waals surface area contributed by atoms with Crippen LogP contribution in [0.5, 0.6) is 0 Å². The maximum atomic E-state index is 12.5. The van der Waals surface area contributed by atoms with E-state index in [1.54, 1.807) is 0 Å². The van der Waals surface area contributed by atoms with Crippen LogP contribution in [0, 0.1) is 17.8 Å². The Kier molecular flexibility index (Phi) is 2.79. The number of hydrogen-bond donors (Lipinski definition) is 0. The molecule has 0 saturated heterocycles. The zero-order valence-corrected chi connectivity index (χ0v) is 8.40. The van der Waals surface area contributed by atoms with Gasteiger partial charge in [0.25, 0.3) is 0 Å². The monoisotopic (exact) mass is 208 g/mol. The molecule has 4 heteroatoms. The van der Waals surface area contributed by atoms with E-state index in [9.17, 15) is 8.78 Å². The highest BCUT2D eigenvalue weighted by atomic mass is 32.2. The first-order valence-electron chi connectivity index (χ1n) is 4.70. The van der Waals surface area contributed by atoms with Gasteiger partial charge in [-0.25, -0.2) is 8.78 Å². The molecule has 0 N–H and O–H groups in total. The van der Waals surface area contributed by atoms with Crippen LogP contribution in [0.2, 0.25) is 0 Å². The van der Waals surface area contributed by atoms with Gasteiger partial charge in [-0.05, 0) is 43.1 Å². The number of fused-ring (bicyclic) bond motifs is 2. The summed E-state index contributed by atoms with van der Waals surface area (Å²) < 4.78 is 30.5. The number of hydrogen-bond acceptors (Lipinski definition) is 2. The van der Waals surface area contributed by atoms with Crippen molar-refractivity contribution in [1.29, 1.82) is 0 Å². The molecule has 1 nitrogen and oxygen atoms in total. The minimum atomic E-state index is -2.15. The first-order chi connectivity index (χ1) is 6.22. The molecule has 0 radical (unpaired) electrons. The number of alkyl halides is 2. The zero-order valence-electron chi connectivity index (χ0n) is 7.58. The number of rotatable bonds is 3. The highest BCUT2D eigenvalue weighted by Gasteiger charge is 2.49. The molecule has 0 spiro atoms. The molecule has 0 aromatic heterocycles. The van der Waals surface area contributed by atoms with Gasteiger partial charge in [0.1, 0.15) is 0 Å². The van der Waals surface area contributed by atoms with E-state index >= 15 is 0 Å². The molecule has 0 aromatic carbocycles. The molecule has 3 fully saturated rings. The van der Waals surface area contributed by atoms with E-state index < -0.39 is 12.3 Å². The van der Waals surface area contributed by atoms with E-state index in [4.69, 9.17) is 4.18 Å². The Labute approximate surface area is 81.4 Å². The molecule has 3 saturated carbocycles. The van der Waals surface area contributed by atoms with Gasteiger partial charge in [-0.1, -0.05) is 0 Å². The van der Waals surface area contributed by atoms with E-state index in [1.165, 1.54) is 12.0 Å². The van der Waals surface area contributed by atoms with Crippen molar-refractivity contribution in [3.05, 3.63) is 0 Å². The third-order valence-corrected chi connectivity index (χ3v) is 3.83. The van der Waals surface area contributed by atoms with Gasteiger partial charge in [0.15, 0.2) is 0 Å². The fourth-order valence-electron chi connectivity index (χ4n) is 2.57. The van der Waals surface area contributed by atoms with Crippen LogP contribution < -0.4 is 0 Å². The summed E-state index contributed by atoms with van der Waals surface area (Å²) in [6, 6.07) is 0. The fraction of sp³-hybridized carbons (Fsp3) is 1.00. The van der Waals surface area contributed by atoms with Crippen molar-refractivity contribution in [2.24, 2.45) is 17.8 Å². The molecule has 3 rings (SSSR count). The molecule has 76 valence electrons. The average Bonchev–Trinajstić information content (AvgIpc) is 2.02. The summed E-state index contributed by atoms with van der Waals surface area (Å²) in [5.41, 5.74) is 0. The second-order valence-electron chi connectivity index (χ2n) is 4.03. The summed E-state index contributed by atoms with van der Waals surface area (Å²) in [5.74, 6) is 0.446. The largest absolute Gasteiger partial charge is 0.312 e. The van der Waals surface area contributed by atoms with Crippen molar-refractivity contribution in [2.45, 2.75) is 31.8 Å². The third-order valence-electron chi connectivity index (χ3n) is 3.39. The van der Waals surface area contributed by atoms with E-state index in [0.717, 1.165) is 12.8 Å². The van der Waals surface area contributed by atoms with Crippen molar-refractivity contribution >= 4 is 12.0 Å². The van der Waals surface area contributed by atoms with Gasteiger partial charge >= 0.3 is 0 Å². The smallest absolute Gasteiger partial charge is 0.241 e. The lowest BCUT2D eigenvalue weighted by atomic mass is 9.59. The maximum Gasteiger partial charge on any atom is 0.241 e. The molecule has 3 aliphatic carbocycles. The van der Waals surface area contributed by atoms with Crippen LogP contribution in [0.3, 0.4) is 0 Å². The van der Waals surface area contributed by atoms with Gasteiger partial charge in [0, 0.05) is 12.2 Å². The molecule has 3 aliphatic rings. The van der Waals surface area contributed by atoms with Gasteiger partial charge in [0.2, 0.25) is 6.43 Å². The third kappa shape index (κ3) is 1.71. The lowest BCUT2D eigenvalue weighted by Gasteiger charge is -2.50. The van der Waals surface area contributed by atoms with Crippen LogP contribution >= 0.6 is 12.0 Å². The predicted octanol–water partition coefficient (Wildman–Crippen LogP) is 2.96. The lowest BCUT2D eigenvalue weighted by molar-refractivity contribution is -0.0984. The lowest BCUT2D eigenvalue weighted by Crippen LogP contribution is -2.48. The van der Waals surface area contributed by atoms with Crippen LogP contribution in [-0.4, -0.2) is 18.8 Å². The molecule has 0 heterocycles. The molecular weight excluding hydrogens is 194 g/mol.